The first kappa shape index (κ1) is 21.4. The van der Waals surface area contributed by atoms with Crippen LogP contribution in [0.1, 0.15) is 44.7 Å². The monoisotopic (exact) mass is 434 g/mol. The van der Waals surface area contributed by atoms with Crippen molar-refractivity contribution in [2.45, 2.75) is 31.7 Å². The van der Waals surface area contributed by atoms with Crippen molar-refractivity contribution in [3.8, 4) is 0 Å². The summed E-state index contributed by atoms with van der Waals surface area (Å²) < 4.78 is 0. The summed E-state index contributed by atoms with van der Waals surface area (Å²) >= 11 is 0. The van der Waals surface area contributed by atoms with Crippen LogP contribution in [0.15, 0.2) is 42.5 Å². The number of piperidine rings is 1. The van der Waals surface area contributed by atoms with E-state index in [1.807, 2.05) is 24.3 Å². The largest absolute Gasteiger partial charge is 0.330 e. The van der Waals surface area contributed by atoms with Crippen LogP contribution in [0.3, 0.4) is 0 Å². The first-order valence-corrected chi connectivity index (χ1v) is 10.3. The van der Waals surface area contributed by atoms with Crippen LogP contribution in [0.5, 0.6) is 0 Å². The van der Waals surface area contributed by atoms with E-state index in [2.05, 4.69) is 10.6 Å². The highest BCUT2D eigenvalue weighted by atomic mass is 16.2. The molecule has 0 bridgehead atoms. The summed E-state index contributed by atoms with van der Waals surface area (Å²) in [6.45, 7) is 0.543. The number of nitrogens with one attached hydrogen (secondary N) is 2. The van der Waals surface area contributed by atoms with Gasteiger partial charge in [0, 0.05) is 6.42 Å². The maximum Gasteiger partial charge on any atom is 0.264 e. The Labute approximate surface area is 183 Å². The number of carbonyl (C=O) groups is 5. The second kappa shape index (κ2) is 8.72. The fourth-order valence-corrected chi connectivity index (χ4v) is 3.99. The normalized spacial score (nSPS) is 17.9. The molecule has 0 aliphatic carbocycles. The predicted molar refractivity (Wildman–Crippen MR) is 115 cm³/mol. The Morgan fingerprint density at radius 3 is 2.44 bits per heavy atom. The van der Waals surface area contributed by atoms with Gasteiger partial charge in [-0.3, -0.25) is 34.2 Å². The Morgan fingerprint density at radius 1 is 1.03 bits per heavy atom. The van der Waals surface area contributed by atoms with Gasteiger partial charge >= 0.3 is 0 Å². The van der Waals surface area contributed by atoms with Crippen LogP contribution in [0, 0.1) is 0 Å². The van der Waals surface area contributed by atoms with E-state index in [1.54, 1.807) is 12.1 Å². The first-order valence-electron chi connectivity index (χ1n) is 10.3. The molecule has 4 N–H and O–H groups in total. The maximum atomic E-state index is 13.1. The number of rotatable bonds is 6. The molecule has 2 aliphatic heterocycles. The van der Waals surface area contributed by atoms with E-state index >= 15 is 0 Å². The lowest BCUT2D eigenvalue weighted by molar-refractivity contribution is -0.136. The van der Waals surface area contributed by atoms with Crippen LogP contribution in [0.2, 0.25) is 0 Å². The second-order valence-corrected chi connectivity index (χ2v) is 7.76. The average molecular weight is 434 g/mol. The average Bonchev–Trinajstić information content (AvgIpc) is 3.01. The standard InChI is InChI=1S/C23H22N4O5/c24-11-10-13-4-6-14(7-5-13)12-19(29)25-16-3-1-2-15-20(16)23(32)27(22(15)31)17-8-9-18(28)26-21(17)30/h1-7,17H,8-12,24H2,(H,25,29)(H,26,28,30). The molecule has 2 aromatic carbocycles. The zero-order chi connectivity index (χ0) is 22.8. The Kier molecular flexibility index (Phi) is 5.83. The summed E-state index contributed by atoms with van der Waals surface area (Å²) in [5.41, 5.74) is 7.79. The summed E-state index contributed by atoms with van der Waals surface area (Å²) in [6.07, 6.45) is 0.948. The second-order valence-electron chi connectivity index (χ2n) is 7.76. The lowest BCUT2D eigenvalue weighted by Crippen LogP contribution is -2.54. The molecule has 0 radical (unpaired) electrons. The highest BCUT2D eigenvalue weighted by molar-refractivity contribution is 6.26. The molecule has 164 valence electrons. The minimum Gasteiger partial charge on any atom is -0.330 e. The number of carbonyl (C=O) groups excluding carboxylic acids is 5. The van der Waals surface area contributed by atoms with Gasteiger partial charge in [0.25, 0.3) is 11.8 Å². The number of nitrogens with zero attached hydrogens (tertiary/aromatic N) is 1. The molecule has 1 fully saturated rings. The molecule has 2 heterocycles. The Bertz CT molecular complexity index is 1130. The van der Waals surface area contributed by atoms with Crippen molar-refractivity contribution in [2.24, 2.45) is 5.73 Å². The molecule has 9 heteroatoms. The van der Waals surface area contributed by atoms with Crippen LogP contribution in [0.4, 0.5) is 5.69 Å². The van der Waals surface area contributed by atoms with Crippen LogP contribution < -0.4 is 16.4 Å². The molecule has 4 rings (SSSR count). The smallest absolute Gasteiger partial charge is 0.264 e. The van der Waals surface area contributed by atoms with E-state index in [0.717, 1.165) is 22.4 Å². The van der Waals surface area contributed by atoms with E-state index in [1.165, 1.54) is 6.07 Å². The number of imide groups is 2. The number of hydrogen-bond donors (Lipinski definition) is 3. The molecular weight excluding hydrogens is 412 g/mol. The number of fused-ring (bicyclic) bond motifs is 1. The number of benzene rings is 2. The van der Waals surface area contributed by atoms with Crippen molar-refractivity contribution in [2.75, 3.05) is 11.9 Å². The molecule has 32 heavy (non-hydrogen) atoms. The first-order chi connectivity index (χ1) is 15.4. The van der Waals surface area contributed by atoms with Gasteiger partial charge in [-0.25, -0.2) is 0 Å². The summed E-state index contributed by atoms with van der Waals surface area (Å²) in [5, 5.41) is 4.87. The van der Waals surface area contributed by atoms with Crippen molar-refractivity contribution in [3.63, 3.8) is 0 Å². The lowest BCUT2D eigenvalue weighted by Gasteiger charge is -2.27. The fraction of sp³-hybridized carbons (Fsp3) is 0.261. The number of anilines is 1. The molecule has 1 atom stereocenters. The third kappa shape index (κ3) is 4.02. The van der Waals surface area contributed by atoms with Gasteiger partial charge in [-0.15, -0.1) is 0 Å². The molecular formula is C23H22N4O5. The Balaban J connectivity index is 1.52. The van der Waals surface area contributed by atoms with E-state index in [-0.39, 0.29) is 42.0 Å². The molecule has 0 spiro atoms. The van der Waals surface area contributed by atoms with Crippen LogP contribution in [0.25, 0.3) is 0 Å². The minimum atomic E-state index is -1.06. The molecule has 9 nitrogen and oxygen atoms in total. The quantitative estimate of drug-likeness (QED) is 0.574. The van der Waals surface area contributed by atoms with E-state index in [9.17, 15) is 24.0 Å². The van der Waals surface area contributed by atoms with Gasteiger partial charge in [-0.1, -0.05) is 30.3 Å². The van der Waals surface area contributed by atoms with Crippen LogP contribution >= 0.6 is 0 Å². The van der Waals surface area contributed by atoms with Crippen molar-refractivity contribution in [1.29, 1.82) is 0 Å². The summed E-state index contributed by atoms with van der Waals surface area (Å²) in [7, 11) is 0. The topological polar surface area (TPSA) is 139 Å². The van der Waals surface area contributed by atoms with Crippen molar-refractivity contribution in [1.82, 2.24) is 10.2 Å². The highest BCUT2D eigenvalue weighted by Gasteiger charge is 2.45. The zero-order valence-electron chi connectivity index (χ0n) is 17.2. The van der Waals surface area contributed by atoms with Gasteiger partial charge < -0.3 is 11.1 Å². The fourth-order valence-electron chi connectivity index (χ4n) is 3.99. The summed E-state index contributed by atoms with van der Waals surface area (Å²) in [5.74, 6) is -2.75. The van der Waals surface area contributed by atoms with Gasteiger partial charge in [-0.2, -0.15) is 0 Å². The van der Waals surface area contributed by atoms with Crippen LogP contribution in [-0.4, -0.2) is 47.0 Å². The van der Waals surface area contributed by atoms with Crippen molar-refractivity contribution < 1.29 is 24.0 Å². The van der Waals surface area contributed by atoms with Gasteiger partial charge in [-0.05, 0) is 42.6 Å². The Hall–Kier alpha value is -3.85. The number of amides is 5. The minimum absolute atomic E-state index is 0.0392. The van der Waals surface area contributed by atoms with Gasteiger partial charge in [0.15, 0.2) is 0 Å². The van der Waals surface area contributed by atoms with Gasteiger partial charge in [0.05, 0.1) is 23.2 Å². The molecule has 2 aromatic rings. The lowest BCUT2D eigenvalue weighted by atomic mass is 10.0. The third-order valence-corrected chi connectivity index (χ3v) is 5.56. The van der Waals surface area contributed by atoms with Gasteiger partial charge in [0.2, 0.25) is 17.7 Å². The van der Waals surface area contributed by atoms with E-state index < -0.39 is 29.7 Å². The predicted octanol–water partition coefficient (Wildman–Crippen LogP) is 0.770. The maximum absolute atomic E-state index is 13.1. The van der Waals surface area contributed by atoms with Crippen molar-refractivity contribution in [3.05, 3.63) is 64.7 Å². The molecule has 2 aliphatic rings. The molecule has 1 unspecified atom stereocenters. The van der Waals surface area contributed by atoms with Gasteiger partial charge in [0.1, 0.15) is 6.04 Å². The van der Waals surface area contributed by atoms with E-state index in [4.69, 9.17) is 5.73 Å². The SMILES string of the molecule is NCCc1ccc(CC(=O)Nc2cccc3c2C(=O)N(C2CCC(=O)NC2=O)C3=O)cc1. The van der Waals surface area contributed by atoms with Crippen molar-refractivity contribution >= 4 is 35.2 Å². The molecule has 1 saturated heterocycles. The van der Waals surface area contributed by atoms with E-state index in [0.29, 0.717) is 6.54 Å². The number of hydrogen-bond acceptors (Lipinski definition) is 6. The third-order valence-electron chi connectivity index (χ3n) is 5.56. The zero-order valence-corrected chi connectivity index (χ0v) is 17.2. The Morgan fingerprint density at radius 2 is 1.75 bits per heavy atom. The molecule has 0 saturated carbocycles. The number of nitrogens with two attached hydrogens (primary N) is 1. The molecule has 0 aromatic heterocycles. The highest BCUT2D eigenvalue weighted by Crippen LogP contribution is 2.32. The summed E-state index contributed by atoms with van der Waals surface area (Å²) in [6, 6.07) is 11.0. The molecule has 5 amide bonds. The van der Waals surface area contributed by atoms with Crippen LogP contribution in [-0.2, 0) is 27.2 Å². The summed E-state index contributed by atoms with van der Waals surface area (Å²) in [4.78, 5) is 63.0.